The molecular formula is C18H19NO7. The minimum Gasteiger partial charge on any atom is -0.506 e. The second kappa shape index (κ2) is 7.47. The highest BCUT2D eigenvalue weighted by molar-refractivity contribution is 6.03. The van der Waals surface area contributed by atoms with E-state index in [0.29, 0.717) is 5.75 Å². The topological polar surface area (TPSA) is 126 Å². The fraction of sp³-hybridized carbons (Fsp3) is 0.389. The highest BCUT2D eigenvalue weighted by atomic mass is 16.5. The average molecular weight is 361 g/mol. The summed E-state index contributed by atoms with van der Waals surface area (Å²) in [7, 11) is 0. The lowest BCUT2D eigenvalue weighted by molar-refractivity contribution is -0.135. The largest absolute Gasteiger partial charge is 0.506 e. The summed E-state index contributed by atoms with van der Waals surface area (Å²) in [5.41, 5.74) is -1.60. The molecular weight excluding hydrogens is 342 g/mol. The van der Waals surface area contributed by atoms with Gasteiger partial charge in [0.25, 0.3) is 5.91 Å². The first kappa shape index (κ1) is 17.8. The molecule has 0 aliphatic heterocycles. The molecule has 8 nitrogen and oxygen atoms in total. The van der Waals surface area contributed by atoms with Crippen molar-refractivity contribution >= 4 is 22.8 Å². The van der Waals surface area contributed by atoms with Crippen molar-refractivity contribution < 1.29 is 29.0 Å². The monoisotopic (exact) mass is 361 g/mol. The zero-order valence-electron chi connectivity index (χ0n) is 14.0. The number of hydrogen-bond donors (Lipinski definition) is 3. The van der Waals surface area contributed by atoms with E-state index in [1.807, 2.05) is 5.32 Å². The Labute approximate surface area is 148 Å². The third kappa shape index (κ3) is 3.63. The molecule has 1 fully saturated rings. The van der Waals surface area contributed by atoms with Gasteiger partial charge in [0.2, 0.25) is 0 Å². The van der Waals surface area contributed by atoms with E-state index in [9.17, 15) is 19.5 Å². The molecule has 0 saturated heterocycles. The highest BCUT2D eigenvalue weighted by Gasteiger charge is 2.24. The molecule has 1 aliphatic carbocycles. The number of benzene rings is 1. The van der Waals surface area contributed by atoms with Crippen molar-refractivity contribution in [3.63, 3.8) is 0 Å². The van der Waals surface area contributed by atoms with E-state index in [1.165, 1.54) is 6.07 Å². The van der Waals surface area contributed by atoms with E-state index in [4.69, 9.17) is 14.3 Å². The van der Waals surface area contributed by atoms with E-state index in [1.54, 1.807) is 12.1 Å². The summed E-state index contributed by atoms with van der Waals surface area (Å²) < 4.78 is 11.1. The van der Waals surface area contributed by atoms with Gasteiger partial charge in [-0.3, -0.25) is 9.59 Å². The number of rotatable bonds is 5. The number of fused-ring (bicyclic) bond motifs is 1. The molecule has 1 aromatic heterocycles. The summed E-state index contributed by atoms with van der Waals surface area (Å²) in [6.45, 7) is -0.685. The fourth-order valence-electron chi connectivity index (χ4n) is 3.11. The van der Waals surface area contributed by atoms with Crippen LogP contribution in [0.25, 0.3) is 11.0 Å². The maximum absolute atomic E-state index is 12.1. The number of ether oxygens (including phenoxy) is 1. The standard InChI is InChI=1S/C18H19NO7/c20-13(21)9-19-17(23)15-16(22)14-11(25-10-5-2-1-3-6-10)7-4-8-12(14)26-18(15)24/h4,7-8,10,22H,1-3,5-6,9H2,(H,19,23)(H,20,21). The van der Waals surface area contributed by atoms with Crippen LogP contribution in [0.1, 0.15) is 42.5 Å². The summed E-state index contributed by atoms with van der Waals surface area (Å²) in [4.78, 5) is 34.8. The third-order valence-corrected chi connectivity index (χ3v) is 4.34. The number of amides is 1. The van der Waals surface area contributed by atoms with Gasteiger partial charge >= 0.3 is 11.6 Å². The molecule has 0 spiro atoms. The number of carboxylic acids is 1. The summed E-state index contributed by atoms with van der Waals surface area (Å²) in [5.74, 6) is -2.55. The van der Waals surface area contributed by atoms with Gasteiger partial charge in [0.05, 0.1) is 6.10 Å². The van der Waals surface area contributed by atoms with E-state index in [0.717, 1.165) is 32.1 Å². The van der Waals surface area contributed by atoms with Gasteiger partial charge in [0.1, 0.15) is 23.3 Å². The summed E-state index contributed by atoms with van der Waals surface area (Å²) >= 11 is 0. The lowest BCUT2D eigenvalue weighted by Gasteiger charge is -2.23. The molecule has 0 atom stereocenters. The van der Waals surface area contributed by atoms with Gasteiger partial charge in [-0.1, -0.05) is 12.5 Å². The number of carbonyl (C=O) groups is 2. The number of aromatic hydroxyl groups is 1. The van der Waals surface area contributed by atoms with Gasteiger partial charge in [-0.15, -0.1) is 0 Å². The molecule has 3 N–H and O–H groups in total. The Morgan fingerprint density at radius 1 is 1.23 bits per heavy atom. The lowest BCUT2D eigenvalue weighted by atomic mass is 9.97. The van der Waals surface area contributed by atoms with E-state index >= 15 is 0 Å². The van der Waals surface area contributed by atoms with Crippen molar-refractivity contribution in [1.29, 1.82) is 0 Å². The molecule has 1 aromatic carbocycles. The predicted octanol–water partition coefficient (Wildman–Crippen LogP) is 2.02. The predicted molar refractivity (Wildman–Crippen MR) is 91.6 cm³/mol. The van der Waals surface area contributed by atoms with Crippen LogP contribution in [0.5, 0.6) is 11.5 Å². The molecule has 3 rings (SSSR count). The van der Waals surface area contributed by atoms with Crippen molar-refractivity contribution in [1.82, 2.24) is 5.32 Å². The Morgan fingerprint density at radius 2 is 1.96 bits per heavy atom. The number of carbonyl (C=O) groups excluding carboxylic acids is 1. The molecule has 1 amide bonds. The van der Waals surface area contributed by atoms with Crippen LogP contribution in [-0.2, 0) is 4.79 Å². The number of hydrogen-bond acceptors (Lipinski definition) is 6. The van der Waals surface area contributed by atoms with E-state index in [-0.39, 0.29) is 17.1 Å². The molecule has 26 heavy (non-hydrogen) atoms. The quantitative estimate of drug-likeness (QED) is 0.696. The molecule has 1 heterocycles. The summed E-state index contributed by atoms with van der Waals surface area (Å²) in [6, 6.07) is 4.76. The second-order valence-electron chi connectivity index (χ2n) is 6.20. The van der Waals surface area contributed by atoms with Crippen LogP contribution < -0.4 is 15.7 Å². The van der Waals surface area contributed by atoms with Gasteiger partial charge < -0.3 is 24.7 Å². The van der Waals surface area contributed by atoms with Crippen LogP contribution in [0.3, 0.4) is 0 Å². The molecule has 1 aliphatic rings. The van der Waals surface area contributed by atoms with Gasteiger partial charge in [-0.25, -0.2) is 4.79 Å². The summed E-state index contributed by atoms with van der Waals surface area (Å²) in [5, 5.41) is 21.3. The first-order valence-electron chi connectivity index (χ1n) is 8.43. The highest BCUT2D eigenvalue weighted by Crippen LogP contribution is 2.36. The number of nitrogens with one attached hydrogen (secondary N) is 1. The van der Waals surface area contributed by atoms with E-state index in [2.05, 4.69) is 0 Å². The molecule has 0 radical (unpaired) electrons. The van der Waals surface area contributed by atoms with Crippen molar-refractivity contribution in [2.75, 3.05) is 6.54 Å². The molecule has 0 bridgehead atoms. The maximum Gasteiger partial charge on any atom is 0.353 e. The third-order valence-electron chi connectivity index (χ3n) is 4.34. The van der Waals surface area contributed by atoms with Crippen molar-refractivity contribution in [2.24, 2.45) is 0 Å². The first-order valence-corrected chi connectivity index (χ1v) is 8.43. The van der Waals surface area contributed by atoms with Gasteiger partial charge in [-0.05, 0) is 37.8 Å². The van der Waals surface area contributed by atoms with Crippen LogP contribution in [0, 0.1) is 0 Å². The zero-order chi connectivity index (χ0) is 18.7. The van der Waals surface area contributed by atoms with Gasteiger partial charge in [0, 0.05) is 0 Å². The van der Waals surface area contributed by atoms with Gasteiger partial charge in [0.15, 0.2) is 11.3 Å². The molecule has 138 valence electrons. The SMILES string of the molecule is O=C(O)CNC(=O)c1c(O)c2c(OC3CCCCC3)cccc2oc1=O. The van der Waals surface area contributed by atoms with Crippen LogP contribution in [-0.4, -0.2) is 34.7 Å². The molecule has 8 heteroatoms. The van der Waals surface area contributed by atoms with E-state index < -0.39 is 35.4 Å². The first-order chi connectivity index (χ1) is 12.5. The van der Waals surface area contributed by atoms with Crippen LogP contribution in [0.15, 0.2) is 27.4 Å². The Hall–Kier alpha value is -3.03. The Balaban J connectivity index is 2.02. The number of aliphatic carboxylic acids is 1. The molecule has 2 aromatic rings. The summed E-state index contributed by atoms with van der Waals surface area (Å²) in [6.07, 6.45) is 5.03. The van der Waals surface area contributed by atoms with Crippen LogP contribution in [0.2, 0.25) is 0 Å². The van der Waals surface area contributed by atoms with Crippen molar-refractivity contribution in [2.45, 2.75) is 38.2 Å². The van der Waals surface area contributed by atoms with Crippen molar-refractivity contribution in [3.05, 3.63) is 34.2 Å². The Morgan fingerprint density at radius 3 is 2.65 bits per heavy atom. The fourth-order valence-corrected chi connectivity index (χ4v) is 3.11. The zero-order valence-corrected chi connectivity index (χ0v) is 14.0. The Kier molecular flexibility index (Phi) is 5.11. The second-order valence-corrected chi connectivity index (χ2v) is 6.20. The minimum atomic E-state index is -1.27. The van der Waals surface area contributed by atoms with Crippen LogP contribution in [0.4, 0.5) is 0 Å². The average Bonchev–Trinajstić information content (AvgIpc) is 2.60. The lowest BCUT2D eigenvalue weighted by Crippen LogP contribution is -2.32. The van der Waals surface area contributed by atoms with Gasteiger partial charge in [-0.2, -0.15) is 0 Å². The molecule has 1 saturated carbocycles. The smallest absolute Gasteiger partial charge is 0.353 e. The Bertz CT molecular complexity index is 896. The van der Waals surface area contributed by atoms with Crippen LogP contribution >= 0.6 is 0 Å². The maximum atomic E-state index is 12.1. The normalized spacial score (nSPS) is 14.9. The molecule has 0 unspecified atom stereocenters. The van der Waals surface area contributed by atoms with Crippen molar-refractivity contribution in [3.8, 4) is 11.5 Å². The minimum absolute atomic E-state index is 0.00929. The number of carboxylic acid groups (broad SMARTS) is 1.